The van der Waals surface area contributed by atoms with Gasteiger partial charge in [0, 0.05) is 31.5 Å². The molecule has 2 heterocycles. The van der Waals surface area contributed by atoms with Crippen molar-refractivity contribution >= 4 is 11.4 Å². The molecule has 7 heteroatoms. The zero-order valence-electron chi connectivity index (χ0n) is 13.7. The molecule has 4 nitrogen and oxygen atoms in total. The molecule has 1 aromatic carbocycles. The number of carbonyl (C=O) groups is 1. The fourth-order valence-corrected chi connectivity index (χ4v) is 2.81. The third-order valence-corrected chi connectivity index (χ3v) is 4.09. The number of hydrogen-bond acceptors (Lipinski definition) is 3. The summed E-state index contributed by atoms with van der Waals surface area (Å²) in [6, 6.07) is 6.47. The number of alkyl halides is 3. The molecule has 3 rings (SSSR count). The van der Waals surface area contributed by atoms with Gasteiger partial charge in [0.15, 0.2) is 12.0 Å². The smallest absolute Gasteiger partial charge is 0.416 e. The number of nitrogens with one attached hydrogen (secondary N) is 1. The second-order valence-corrected chi connectivity index (χ2v) is 5.67. The number of ketones is 1. The number of rotatable bonds is 4. The van der Waals surface area contributed by atoms with Crippen LogP contribution in [0.1, 0.15) is 29.7 Å². The Kier molecular flexibility index (Phi) is 4.32. The lowest BCUT2D eigenvalue weighted by molar-refractivity contribution is -0.137. The highest BCUT2D eigenvalue weighted by atomic mass is 19.4. The fraction of sp³-hybridized carbons (Fsp3) is 0.278. The van der Waals surface area contributed by atoms with E-state index in [1.165, 1.54) is 12.1 Å². The molecule has 0 amide bonds. The second-order valence-electron chi connectivity index (χ2n) is 5.67. The standard InChI is InChI=1S/C18H17F3N2O2/c1-3-23-8-7-12(10-23)16-15(24)14(17(22-2)25-16)11-5-4-6-13(9-11)18(19,20)21/h4-10,16,22H,3H2,1-2H3. The molecule has 0 radical (unpaired) electrons. The summed E-state index contributed by atoms with van der Waals surface area (Å²) in [6.45, 7) is 2.71. The number of aromatic nitrogens is 1. The summed E-state index contributed by atoms with van der Waals surface area (Å²) in [5.41, 5.74) is 0.173. The molecule has 1 atom stereocenters. The monoisotopic (exact) mass is 350 g/mol. The van der Waals surface area contributed by atoms with Crippen LogP contribution in [0.5, 0.6) is 0 Å². The molecule has 1 aliphatic heterocycles. The number of aryl methyl sites for hydroxylation is 1. The van der Waals surface area contributed by atoms with Gasteiger partial charge in [-0.05, 0) is 30.7 Å². The Labute approximate surface area is 142 Å². The van der Waals surface area contributed by atoms with Crippen LogP contribution in [0.4, 0.5) is 13.2 Å². The number of halogens is 3. The molecule has 25 heavy (non-hydrogen) atoms. The Bertz CT molecular complexity index is 837. The van der Waals surface area contributed by atoms with Crippen molar-refractivity contribution in [2.24, 2.45) is 0 Å². The molecule has 2 aromatic rings. The van der Waals surface area contributed by atoms with Crippen molar-refractivity contribution in [3.05, 3.63) is 65.3 Å². The molecule has 1 aromatic heterocycles. The first-order valence-corrected chi connectivity index (χ1v) is 7.81. The number of carbonyl (C=O) groups excluding carboxylic acids is 1. The third-order valence-electron chi connectivity index (χ3n) is 4.09. The third kappa shape index (κ3) is 3.14. The van der Waals surface area contributed by atoms with Gasteiger partial charge < -0.3 is 14.6 Å². The van der Waals surface area contributed by atoms with Crippen molar-refractivity contribution in [3.8, 4) is 0 Å². The van der Waals surface area contributed by atoms with Crippen LogP contribution in [0, 0.1) is 0 Å². The van der Waals surface area contributed by atoms with Crippen LogP contribution in [0.3, 0.4) is 0 Å². The van der Waals surface area contributed by atoms with E-state index in [1.807, 2.05) is 17.7 Å². The second kappa shape index (κ2) is 6.31. The molecule has 132 valence electrons. The highest BCUT2D eigenvalue weighted by molar-refractivity contribution is 6.25. The first-order chi connectivity index (χ1) is 11.8. The van der Waals surface area contributed by atoms with Crippen molar-refractivity contribution in [2.45, 2.75) is 25.7 Å². The van der Waals surface area contributed by atoms with Crippen molar-refractivity contribution in [2.75, 3.05) is 7.05 Å². The Morgan fingerprint density at radius 3 is 2.64 bits per heavy atom. The van der Waals surface area contributed by atoms with E-state index in [0.29, 0.717) is 5.56 Å². The van der Waals surface area contributed by atoms with E-state index in [2.05, 4.69) is 5.32 Å². The summed E-state index contributed by atoms with van der Waals surface area (Å²) in [4.78, 5) is 12.8. The summed E-state index contributed by atoms with van der Waals surface area (Å²) in [7, 11) is 1.57. The van der Waals surface area contributed by atoms with E-state index < -0.39 is 17.8 Å². The minimum atomic E-state index is -4.48. The lowest BCUT2D eigenvalue weighted by atomic mass is 9.97. The highest BCUT2D eigenvalue weighted by Crippen LogP contribution is 2.38. The first-order valence-electron chi connectivity index (χ1n) is 7.81. The van der Waals surface area contributed by atoms with Gasteiger partial charge in [-0.15, -0.1) is 0 Å². The van der Waals surface area contributed by atoms with Gasteiger partial charge in [0.1, 0.15) is 0 Å². The SMILES string of the molecule is CCn1ccc(C2OC(NC)=C(c3cccc(C(F)(F)F)c3)C2=O)c1. The predicted molar refractivity (Wildman–Crippen MR) is 86.4 cm³/mol. The minimum Gasteiger partial charge on any atom is -0.462 e. The van der Waals surface area contributed by atoms with Crippen LogP contribution in [0.15, 0.2) is 48.6 Å². The van der Waals surface area contributed by atoms with Gasteiger partial charge in [-0.1, -0.05) is 12.1 Å². The Morgan fingerprint density at radius 1 is 1.28 bits per heavy atom. The van der Waals surface area contributed by atoms with Crippen LogP contribution in [-0.4, -0.2) is 17.4 Å². The molecule has 0 fully saturated rings. The molecule has 1 N–H and O–H groups in total. The van der Waals surface area contributed by atoms with Crippen LogP contribution < -0.4 is 5.32 Å². The zero-order valence-corrected chi connectivity index (χ0v) is 13.7. The maximum Gasteiger partial charge on any atom is 0.416 e. The van der Waals surface area contributed by atoms with E-state index in [9.17, 15) is 18.0 Å². The summed E-state index contributed by atoms with van der Waals surface area (Å²) < 4.78 is 46.5. The number of hydrogen-bond donors (Lipinski definition) is 1. The molecular weight excluding hydrogens is 333 g/mol. The van der Waals surface area contributed by atoms with Crippen LogP contribution >= 0.6 is 0 Å². The van der Waals surface area contributed by atoms with Gasteiger partial charge in [-0.25, -0.2) is 0 Å². The topological polar surface area (TPSA) is 43.3 Å². The molecular formula is C18H17F3N2O2. The number of Topliss-reactive ketones (excluding diaryl/α,β-unsaturated/α-hetero) is 1. The van der Waals surface area contributed by atoms with E-state index in [0.717, 1.165) is 18.7 Å². The van der Waals surface area contributed by atoms with E-state index in [4.69, 9.17) is 4.74 Å². The summed E-state index contributed by atoms with van der Waals surface area (Å²) in [5.74, 6) is -0.184. The molecule has 1 aliphatic rings. The molecule has 0 bridgehead atoms. The van der Waals surface area contributed by atoms with E-state index in [-0.39, 0.29) is 22.8 Å². The maximum absolute atomic E-state index is 13.0. The molecule has 0 aliphatic carbocycles. The molecule has 0 saturated heterocycles. The molecule has 0 spiro atoms. The van der Waals surface area contributed by atoms with Gasteiger partial charge in [-0.3, -0.25) is 4.79 Å². The normalized spacial score (nSPS) is 17.8. The lowest BCUT2D eigenvalue weighted by Crippen LogP contribution is -2.10. The maximum atomic E-state index is 13.0. The van der Waals surface area contributed by atoms with E-state index in [1.54, 1.807) is 19.3 Å². The highest BCUT2D eigenvalue weighted by Gasteiger charge is 2.38. The van der Waals surface area contributed by atoms with Gasteiger partial charge in [0.05, 0.1) is 11.1 Å². The quantitative estimate of drug-likeness (QED) is 0.913. The predicted octanol–water partition coefficient (Wildman–Crippen LogP) is 3.76. The van der Waals surface area contributed by atoms with Crippen molar-refractivity contribution in [1.82, 2.24) is 9.88 Å². The van der Waals surface area contributed by atoms with Crippen molar-refractivity contribution < 1.29 is 22.7 Å². The first kappa shape index (κ1) is 17.1. The Balaban J connectivity index is 1.99. The number of benzene rings is 1. The van der Waals surface area contributed by atoms with Gasteiger partial charge in [0.25, 0.3) is 0 Å². The van der Waals surface area contributed by atoms with Crippen LogP contribution in [-0.2, 0) is 22.3 Å². The summed E-state index contributed by atoms with van der Waals surface area (Å²) >= 11 is 0. The molecule has 0 saturated carbocycles. The minimum absolute atomic E-state index is 0.128. The fourth-order valence-electron chi connectivity index (χ4n) is 2.81. The van der Waals surface area contributed by atoms with Gasteiger partial charge >= 0.3 is 6.18 Å². The van der Waals surface area contributed by atoms with E-state index >= 15 is 0 Å². The van der Waals surface area contributed by atoms with Crippen LogP contribution in [0.25, 0.3) is 5.57 Å². The lowest BCUT2D eigenvalue weighted by Gasteiger charge is -2.09. The Hall–Kier alpha value is -2.70. The molecule has 1 unspecified atom stereocenters. The van der Waals surface area contributed by atoms with Crippen molar-refractivity contribution in [1.29, 1.82) is 0 Å². The average molecular weight is 350 g/mol. The van der Waals surface area contributed by atoms with Gasteiger partial charge in [-0.2, -0.15) is 13.2 Å². The average Bonchev–Trinajstić information content (AvgIpc) is 3.18. The number of ether oxygens (including phenoxy) is 1. The van der Waals surface area contributed by atoms with Crippen molar-refractivity contribution in [3.63, 3.8) is 0 Å². The largest absolute Gasteiger partial charge is 0.462 e. The summed E-state index contributed by atoms with van der Waals surface area (Å²) in [6.07, 6.45) is -1.71. The number of nitrogens with zero attached hydrogens (tertiary/aromatic N) is 1. The Morgan fingerprint density at radius 2 is 2.04 bits per heavy atom. The zero-order chi connectivity index (χ0) is 18.2. The van der Waals surface area contributed by atoms with Gasteiger partial charge in [0.2, 0.25) is 5.78 Å². The van der Waals surface area contributed by atoms with Crippen LogP contribution in [0.2, 0.25) is 0 Å². The summed E-state index contributed by atoms with van der Waals surface area (Å²) in [5, 5.41) is 2.77.